The van der Waals surface area contributed by atoms with Crippen molar-refractivity contribution < 1.29 is 9.62 Å². The number of aromatic nitrogens is 4. The second-order valence-electron chi connectivity index (χ2n) is 4.19. The molecule has 0 fully saturated rings. The molecule has 1 aromatic carbocycles. The number of aryl methyl sites for hydroxylation is 1. The van der Waals surface area contributed by atoms with E-state index in [4.69, 9.17) is 18.0 Å². The van der Waals surface area contributed by atoms with Crippen molar-refractivity contribution in [3.05, 3.63) is 24.0 Å². The number of nitrogens with two attached hydrogens (primary N) is 1. The van der Waals surface area contributed by atoms with Crippen molar-refractivity contribution in [3.63, 3.8) is 0 Å². The van der Waals surface area contributed by atoms with Gasteiger partial charge in [-0.2, -0.15) is 0 Å². The summed E-state index contributed by atoms with van der Waals surface area (Å²) in [5.74, 6) is 0.184. The van der Waals surface area contributed by atoms with Gasteiger partial charge in [-0.05, 0) is 48.2 Å². The summed E-state index contributed by atoms with van der Waals surface area (Å²) >= 11 is 6.22. The molecule has 102 valence electrons. The predicted octanol–water partition coefficient (Wildman–Crippen LogP) is 0.941. The van der Waals surface area contributed by atoms with Crippen molar-refractivity contribution in [2.45, 2.75) is 6.92 Å². The second-order valence-corrected chi connectivity index (χ2v) is 5.61. The van der Waals surface area contributed by atoms with Gasteiger partial charge in [0.2, 0.25) is 0 Å². The van der Waals surface area contributed by atoms with E-state index < -0.39 is 0 Å². The number of hydrogen-bond acceptors (Lipinski definition) is 5. The monoisotopic (exact) mass is 307 g/mol. The Morgan fingerprint density at radius 1 is 1.55 bits per heavy atom. The largest absolute Gasteiger partial charge is 0.507 e. The first-order chi connectivity index (χ1) is 9.54. The van der Waals surface area contributed by atoms with E-state index in [1.54, 1.807) is 29.9 Å². The van der Waals surface area contributed by atoms with Crippen molar-refractivity contribution in [3.8, 4) is 16.3 Å². The molecule has 20 heavy (non-hydrogen) atoms. The molecule has 5 N–H and O–H groups in total. The molecule has 2 aromatic heterocycles. The minimum atomic E-state index is 0.172. The number of aromatic hydroxyl groups is 1. The maximum atomic E-state index is 10.2. The van der Waals surface area contributed by atoms with Gasteiger partial charge in [0.15, 0.2) is 10.1 Å². The highest BCUT2D eigenvalue weighted by Crippen LogP contribution is 2.36. The second kappa shape index (κ2) is 4.69. The normalized spacial score (nSPS) is 10.8. The molecule has 0 aliphatic heterocycles. The summed E-state index contributed by atoms with van der Waals surface area (Å²) in [6.07, 6.45) is 1.57. The Labute approximate surface area is 123 Å². The van der Waals surface area contributed by atoms with Crippen molar-refractivity contribution in [1.29, 1.82) is 0 Å². The van der Waals surface area contributed by atoms with Gasteiger partial charge in [0.1, 0.15) is 5.75 Å². The Hall–Kier alpha value is -2.26. The van der Waals surface area contributed by atoms with Crippen LogP contribution in [0.2, 0.25) is 0 Å². The number of nitrogens with one attached hydrogen (secondary N) is 2. The number of hydrogen-bond donors (Lipinski definition) is 4. The van der Waals surface area contributed by atoms with Crippen molar-refractivity contribution in [2.75, 3.05) is 5.32 Å². The molecule has 0 saturated heterocycles. The van der Waals surface area contributed by atoms with Crippen molar-refractivity contribution in [1.82, 2.24) is 15.3 Å². The fourth-order valence-electron chi connectivity index (χ4n) is 1.86. The number of thiocarbonyl (C=S) groups is 1. The van der Waals surface area contributed by atoms with Crippen LogP contribution in [0, 0.1) is 6.92 Å². The lowest BCUT2D eigenvalue weighted by Gasteiger charge is -2.09. The molecule has 0 spiro atoms. The minimum absolute atomic E-state index is 0.172. The third-order valence-corrected chi connectivity index (χ3v) is 3.79. The summed E-state index contributed by atoms with van der Waals surface area (Å²) < 4.78 is 1.61. The number of phenols is 1. The molecule has 9 heteroatoms. The number of benzene rings is 1. The summed E-state index contributed by atoms with van der Waals surface area (Å²) in [7, 11) is 0. The maximum absolute atomic E-state index is 10.2. The quantitative estimate of drug-likeness (QED) is 0.319. The minimum Gasteiger partial charge on any atom is -0.507 e. The van der Waals surface area contributed by atoms with Crippen LogP contribution in [-0.4, -0.2) is 25.5 Å². The third kappa shape index (κ3) is 2.17. The van der Waals surface area contributed by atoms with Gasteiger partial charge in [-0.25, -0.2) is 0 Å². The summed E-state index contributed by atoms with van der Waals surface area (Å²) in [6, 6.07) is 3.53. The molecule has 0 saturated carbocycles. The van der Waals surface area contributed by atoms with Gasteiger partial charge in [0, 0.05) is 10.8 Å². The van der Waals surface area contributed by atoms with Crippen molar-refractivity contribution >= 4 is 39.3 Å². The summed E-state index contributed by atoms with van der Waals surface area (Å²) in [5, 5.41) is 25.0. The Balaban J connectivity index is 2.13. The van der Waals surface area contributed by atoms with E-state index >= 15 is 0 Å². The highest BCUT2D eigenvalue weighted by molar-refractivity contribution is 7.80. The van der Waals surface area contributed by atoms with Crippen molar-refractivity contribution in [2.24, 2.45) is 5.73 Å². The van der Waals surface area contributed by atoms with Gasteiger partial charge >= 0.3 is 4.96 Å². The standard InChI is InChI=1S/C11H10N6OS2/c1-5-2-6(14-10(12)19)3-7(8(5)18)9-16-17-4-13-15-11(17)20-9/h2-4H,1H3,(H4,12,14,16,18,19)/p+1. The van der Waals surface area contributed by atoms with Gasteiger partial charge in [0.25, 0.3) is 6.33 Å². The first-order valence-electron chi connectivity index (χ1n) is 5.67. The molecule has 0 amide bonds. The average molecular weight is 307 g/mol. The van der Waals surface area contributed by atoms with Crippen LogP contribution in [0.1, 0.15) is 5.56 Å². The number of anilines is 1. The fourth-order valence-corrected chi connectivity index (χ4v) is 2.83. The van der Waals surface area contributed by atoms with Crippen LogP contribution in [-0.2, 0) is 0 Å². The molecule has 0 radical (unpaired) electrons. The third-order valence-electron chi connectivity index (χ3n) is 2.73. The Morgan fingerprint density at radius 3 is 3.05 bits per heavy atom. The van der Waals surface area contributed by atoms with Gasteiger partial charge in [-0.1, -0.05) is 9.61 Å². The molecular weight excluding hydrogens is 296 g/mol. The molecule has 0 unspecified atom stereocenters. The molecule has 0 aliphatic carbocycles. The van der Waals surface area contributed by atoms with Gasteiger partial charge < -0.3 is 16.2 Å². The van der Waals surface area contributed by atoms with Crippen LogP contribution in [0.4, 0.5) is 5.69 Å². The lowest BCUT2D eigenvalue weighted by molar-refractivity contribution is -0.575. The summed E-state index contributed by atoms with van der Waals surface area (Å²) in [4.78, 5) is 0.782. The smallest absolute Gasteiger partial charge is 0.342 e. The lowest BCUT2D eigenvalue weighted by atomic mass is 10.1. The Morgan fingerprint density at radius 2 is 2.35 bits per heavy atom. The average Bonchev–Trinajstić information content (AvgIpc) is 2.93. The maximum Gasteiger partial charge on any atom is 0.342 e. The van der Waals surface area contributed by atoms with E-state index in [-0.39, 0.29) is 10.9 Å². The zero-order chi connectivity index (χ0) is 14.3. The van der Waals surface area contributed by atoms with E-state index in [1.807, 2.05) is 0 Å². The highest BCUT2D eigenvalue weighted by atomic mass is 32.1. The van der Waals surface area contributed by atoms with E-state index in [0.717, 1.165) is 4.96 Å². The topological polar surface area (TPSA) is 104 Å². The van der Waals surface area contributed by atoms with Crippen LogP contribution in [0.3, 0.4) is 0 Å². The van der Waals surface area contributed by atoms with Gasteiger partial charge in [0.05, 0.1) is 5.56 Å². The van der Waals surface area contributed by atoms with Crippen LogP contribution in [0.25, 0.3) is 15.5 Å². The van der Waals surface area contributed by atoms with Gasteiger partial charge in [-0.15, -0.1) is 5.10 Å². The number of nitrogens with zero attached hydrogens (tertiary/aromatic N) is 3. The summed E-state index contributed by atoms with van der Waals surface area (Å²) in [6.45, 7) is 1.80. The zero-order valence-corrected chi connectivity index (χ0v) is 12.0. The highest BCUT2D eigenvalue weighted by Gasteiger charge is 2.17. The number of aromatic amines is 1. The van der Waals surface area contributed by atoms with Crippen LogP contribution >= 0.6 is 23.6 Å². The summed E-state index contributed by atoms with van der Waals surface area (Å²) in [5.41, 5.74) is 7.51. The van der Waals surface area contributed by atoms with Crippen LogP contribution in [0.5, 0.6) is 5.75 Å². The number of fused-ring (bicyclic) bond motifs is 1. The van der Waals surface area contributed by atoms with E-state index in [2.05, 4.69) is 20.6 Å². The predicted molar refractivity (Wildman–Crippen MR) is 79.7 cm³/mol. The Kier molecular flexibility index (Phi) is 2.99. The number of H-pyrrole nitrogens is 1. The fraction of sp³-hybridized carbons (Fsp3) is 0.0909. The molecule has 0 aliphatic rings. The number of phenolic OH excluding ortho intramolecular Hbond substituents is 1. The molecular formula is C11H11N6OS2+. The molecule has 0 atom stereocenters. The first-order valence-corrected chi connectivity index (χ1v) is 6.89. The zero-order valence-electron chi connectivity index (χ0n) is 10.4. The van der Waals surface area contributed by atoms with Crippen LogP contribution in [0.15, 0.2) is 18.5 Å². The molecule has 7 nitrogen and oxygen atoms in total. The molecule has 0 bridgehead atoms. The number of rotatable bonds is 2. The van der Waals surface area contributed by atoms with E-state index in [0.29, 0.717) is 21.8 Å². The van der Waals surface area contributed by atoms with Crippen LogP contribution < -0.4 is 15.6 Å². The molecule has 3 rings (SSSR count). The van der Waals surface area contributed by atoms with E-state index in [9.17, 15) is 5.11 Å². The van der Waals surface area contributed by atoms with Gasteiger partial charge in [-0.3, -0.25) is 0 Å². The Bertz CT molecular complexity index is 780. The van der Waals surface area contributed by atoms with E-state index in [1.165, 1.54) is 11.3 Å². The first kappa shape index (κ1) is 12.8. The lowest BCUT2D eigenvalue weighted by Crippen LogP contribution is -2.19. The molecule has 3 aromatic rings. The SMILES string of the molecule is Cc1cc(NC(N)=S)cc(-c2n[n+]3cn[nH]c3s2)c1O. The molecule has 2 heterocycles.